The summed E-state index contributed by atoms with van der Waals surface area (Å²) in [5.41, 5.74) is 10.1. The number of aryl methyl sites for hydroxylation is 2. The van der Waals surface area contributed by atoms with Crippen molar-refractivity contribution in [3.8, 4) is 0 Å². The maximum absolute atomic E-state index is 9.05. The molecule has 0 amide bonds. The summed E-state index contributed by atoms with van der Waals surface area (Å²) < 4.78 is 0. The van der Waals surface area contributed by atoms with E-state index >= 15 is 0 Å². The third kappa shape index (κ3) is 2.21. The monoisotopic (exact) mass is 205 g/mol. The van der Waals surface area contributed by atoms with Crippen molar-refractivity contribution in [3.05, 3.63) is 34.9 Å². The van der Waals surface area contributed by atoms with Crippen LogP contribution in [-0.2, 0) is 12.8 Å². The first-order valence-electron chi connectivity index (χ1n) is 5.65. The Morgan fingerprint density at radius 2 is 2.27 bits per heavy atom. The van der Waals surface area contributed by atoms with Crippen molar-refractivity contribution in [2.75, 3.05) is 6.61 Å². The molecule has 2 heteroatoms. The molecule has 15 heavy (non-hydrogen) atoms. The van der Waals surface area contributed by atoms with Crippen LogP contribution in [0.3, 0.4) is 0 Å². The number of rotatable bonds is 2. The summed E-state index contributed by atoms with van der Waals surface area (Å²) in [4.78, 5) is 0. The zero-order valence-electron chi connectivity index (χ0n) is 9.24. The Bertz CT molecular complexity index is 348. The number of nitrogens with two attached hydrogens (primary N) is 1. The van der Waals surface area contributed by atoms with Crippen molar-refractivity contribution in [2.45, 2.75) is 32.2 Å². The third-order valence-corrected chi connectivity index (χ3v) is 3.44. The summed E-state index contributed by atoms with van der Waals surface area (Å²) in [6, 6.07) is 6.59. The van der Waals surface area contributed by atoms with Gasteiger partial charge in [-0.05, 0) is 43.2 Å². The average molecular weight is 205 g/mol. The van der Waals surface area contributed by atoms with Gasteiger partial charge in [-0.2, -0.15) is 0 Å². The van der Waals surface area contributed by atoms with Crippen LogP contribution in [0, 0.1) is 12.8 Å². The molecule has 2 unspecified atom stereocenters. The normalized spacial score (nSPS) is 22.2. The first-order chi connectivity index (χ1) is 7.20. The van der Waals surface area contributed by atoms with Crippen LogP contribution in [0.25, 0.3) is 0 Å². The Kier molecular flexibility index (Phi) is 3.08. The molecule has 0 radical (unpaired) electrons. The summed E-state index contributed by atoms with van der Waals surface area (Å²) in [5, 5.41) is 9.05. The van der Waals surface area contributed by atoms with Gasteiger partial charge < -0.3 is 10.8 Å². The fourth-order valence-corrected chi connectivity index (χ4v) is 2.43. The zero-order chi connectivity index (χ0) is 10.8. The van der Waals surface area contributed by atoms with Crippen molar-refractivity contribution < 1.29 is 5.11 Å². The molecule has 0 spiro atoms. The predicted molar refractivity (Wildman–Crippen MR) is 61.8 cm³/mol. The van der Waals surface area contributed by atoms with E-state index in [9.17, 15) is 0 Å². The van der Waals surface area contributed by atoms with E-state index in [1.54, 1.807) is 0 Å². The van der Waals surface area contributed by atoms with Gasteiger partial charge in [0, 0.05) is 6.04 Å². The average Bonchev–Trinajstić information content (AvgIpc) is 2.27. The predicted octanol–water partition coefficient (Wildman–Crippen LogP) is 1.42. The molecule has 2 nitrogen and oxygen atoms in total. The number of aliphatic hydroxyl groups excluding tert-OH is 1. The molecule has 2 atom stereocenters. The van der Waals surface area contributed by atoms with Crippen molar-refractivity contribution in [2.24, 2.45) is 11.7 Å². The minimum atomic E-state index is -0.0561. The summed E-state index contributed by atoms with van der Waals surface area (Å²) >= 11 is 0. The number of fused-ring (bicyclic) bond motifs is 1. The first kappa shape index (κ1) is 10.7. The molecule has 1 aromatic rings. The number of hydrogen-bond donors (Lipinski definition) is 2. The minimum Gasteiger partial charge on any atom is -0.395 e. The van der Waals surface area contributed by atoms with E-state index < -0.39 is 0 Å². The molecule has 0 aliphatic heterocycles. The summed E-state index contributed by atoms with van der Waals surface area (Å²) in [6.07, 6.45) is 3.24. The van der Waals surface area contributed by atoms with Gasteiger partial charge in [-0.15, -0.1) is 0 Å². The van der Waals surface area contributed by atoms with E-state index in [-0.39, 0.29) is 12.6 Å². The highest BCUT2D eigenvalue weighted by atomic mass is 16.3. The van der Waals surface area contributed by atoms with E-state index in [0.29, 0.717) is 5.92 Å². The van der Waals surface area contributed by atoms with Gasteiger partial charge in [-0.3, -0.25) is 0 Å². The smallest absolute Gasteiger partial charge is 0.0585 e. The van der Waals surface area contributed by atoms with Gasteiger partial charge in [0.25, 0.3) is 0 Å². The molecule has 3 N–H and O–H groups in total. The van der Waals surface area contributed by atoms with Crippen LogP contribution in [0.2, 0.25) is 0 Å². The topological polar surface area (TPSA) is 46.2 Å². The van der Waals surface area contributed by atoms with Crippen LogP contribution in [0.1, 0.15) is 23.1 Å². The van der Waals surface area contributed by atoms with Crippen LogP contribution < -0.4 is 5.73 Å². The van der Waals surface area contributed by atoms with Crippen molar-refractivity contribution in [3.63, 3.8) is 0 Å². The molecule has 0 saturated carbocycles. The van der Waals surface area contributed by atoms with E-state index in [1.165, 1.54) is 16.7 Å². The molecule has 1 aliphatic carbocycles. The number of hydrogen-bond acceptors (Lipinski definition) is 2. The molecule has 0 heterocycles. The van der Waals surface area contributed by atoms with Crippen molar-refractivity contribution in [1.29, 1.82) is 0 Å². The Labute approximate surface area is 91.1 Å². The zero-order valence-corrected chi connectivity index (χ0v) is 9.24. The molecule has 1 aliphatic rings. The Morgan fingerprint density at radius 1 is 1.47 bits per heavy atom. The molecular formula is C13H19NO. The maximum Gasteiger partial charge on any atom is 0.0585 e. The fourth-order valence-electron chi connectivity index (χ4n) is 2.43. The van der Waals surface area contributed by atoms with Gasteiger partial charge in [0.2, 0.25) is 0 Å². The van der Waals surface area contributed by atoms with E-state index in [0.717, 1.165) is 19.3 Å². The van der Waals surface area contributed by atoms with Crippen molar-refractivity contribution >= 4 is 0 Å². The second kappa shape index (κ2) is 4.33. The highest BCUT2D eigenvalue weighted by Gasteiger charge is 2.23. The Morgan fingerprint density at radius 3 is 3.00 bits per heavy atom. The van der Waals surface area contributed by atoms with E-state index in [1.807, 2.05) is 0 Å². The highest BCUT2D eigenvalue weighted by molar-refractivity contribution is 5.33. The van der Waals surface area contributed by atoms with Gasteiger partial charge in [0.05, 0.1) is 6.61 Å². The van der Waals surface area contributed by atoms with Crippen LogP contribution in [-0.4, -0.2) is 17.8 Å². The largest absolute Gasteiger partial charge is 0.395 e. The lowest BCUT2D eigenvalue weighted by Gasteiger charge is -2.28. The van der Waals surface area contributed by atoms with E-state index in [2.05, 4.69) is 25.1 Å². The minimum absolute atomic E-state index is 0.0561. The standard InChI is InChI=1S/C13H19NO/c1-9-2-3-11-7-12(13(14)8-15)5-4-10(11)6-9/h2-3,6,12-13,15H,4-5,7-8,14H2,1H3. The van der Waals surface area contributed by atoms with Crippen LogP contribution in [0.15, 0.2) is 18.2 Å². The van der Waals surface area contributed by atoms with Crippen LogP contribution in [0.4, 0.5) is 0 Å². The summed E-state index contributed by atoms with van der Waals surface area (Å²) in [6.45, 7) is 2.23. The second-order valence-corrected chi connectivity index (χ2v) is 4.62. The van der Waals surface area contributed by atoms with Gasteiger partial charge in [-0.25, -0.2) is 0 Å². The first-order valence-corrected chi connectivity index (χ1v) is 5.65. The van der Waals surface area contributed by atoms with Gasteiger partial charge >= 0.3 is 0 Å². The molecule has 1 aromatic carbocycles. The molecule has 0 saturated heterocycles. The summed E-state index contributed by atoms with van der Waals surface area (Å²) in [5.74, 6) is 0.449. The molecular weight excluding hydrogens is 186 g/mol. The lowest BCUT2D eigenvalue weighted by atomic mass is 9.80. The SMILES string of the molecule is Cc1ccc2c(c1)CCC(C(N)CO)C2. The van der Waals surface area contributed by atoms with E-state index in [4.69, 9.17) is 10.8 Å². The molecule has 0 fully saturated rings. The molecule has 0 aromatic heterocycles. The summed E-state index contributed by atoms with van der Waals surface area (Å²) in [7, 11) is 0. The van der Waals surface area contributed by atoms with Gasteiger partial charge in [-0.1, -0.05) is 23.8 Å². The molecule has 82 valence electrons. The third-order valence-electron chi connectivity index (χ3n) is 3.44. The van der Waals surface area contributed by atoms with Crippen molar-refractivity contribution in [1.82, 2.24) is 0 Å². The van der Waals surface area contributed by atoms with Crippen LogP contribution in [0.5, 0.6) is 0 Å². The quantitative estimate of drug-likeness (QED) is 0.767. The lowest BCUT2D eigenvalue weighted by molar-refractivity contribution is 0.216. The lowest BCUT2D eigenvalue weighted by Crippen LogP contribution is -2.36. The highest BCUT2D eigenvalue weighted by Crippen LogP contribution is 2.27. The maximum atomic E-state index is 9.05. The fraction of sp³-hybridized carbons (Fsp3) is 0.538. The van der Waals surface area contributed by atoms with Gasteiger partial charge in [0.1, 0.15) is 0 Å². The number of benzene rings is 1. The Balaban J connectivity index is 2.16. The Hall–Kier alpha value is -0.860. The van der Waals surface area contributed by atoms with Gasteiger partial charge in [0.15, 0.2) is 0 Å². The molecule has 0 bridgehead atoms. The second-order valence-electron chi connectivity index (χ2n) is 4.62. The van der Waals surface area contributed by atoms with Crippen LogP contribution >= 0.6 is 0 Å². The number of aliphatic hydroxyl groups is 1. The molecule has 2 rings (SSSR count).